The van der Waals surface area contributed by atoms with Gasteiger partial charge in [-0.25, -0.2) is 13.2 Å². The van der Waals surface area contributed by atoms with Crippen LogP contribution in [-0.2, 0) is 6.61 Å². The zero-order valence-electron chi connectivity index (χ0n) is 9.70. The van der Waals surface area contributed by atoms with Crippen molar-refractivity contribution in [2.24, 2.45) is 0 Å². The number of halogens is 3. The Kier molecular flexibility index (Phi) is 3.85. The second-order valence-corrected chi connectivity index (χ2v) is 3.84. The number of carbonyl (C=O) groups is 1. The molecule has 0 unspecified atom stereocenters. The third-order valence-corrected chi connectivity index (χ3v) is 2.46. The van der Waals surface area contributed by atoms with E-state index in [2.05, 4.69) is 0 Å². The maximum Gasteiger partial charge on any atom is 0.165 e. The lowest BCUT2D eigenvalue weighted by molar-refractivity contribution is 0.112. The van der Waals surface area contributed by atoms with E-state index in [0.717, 1.165) is 18.2 Å². The summed E-state index contributed by atoms with van der Waals surface area (Å²) in [6.07, 6.45) is 0.471. The van der Waals surface area contributed by atoms with Gasteiger partial charge in [-0.3, -0.25) is 4.79 Å². The van der Waals surface area contributed by atoms with E-state index in [1.807, 2.05) is 0 Å². The van der Waals surface area contributed by atoms with Gasteiger partial charge >= 0.3 is 0 Å². The first kappa shape index (κ1) is 13.1. The normalized spacial score (nSPS) is 10.3. The highest BCUT2D eigenvalue weighted by Crippen LogP contribution is 2.18. The van der Waals surface area contributed by atoms with Crippen molar-refractivity contribution in [3.05, 3.63) is 65.0 Å². The number of aldehydes is 1. The molecule has 19 heavy (non-hydrogen) atoms. The van der Waals surface area contributed by atoms with Gasteiger partial charge in [0.25, 0.3) is 0 Å². The highest BCUT2D eigenvalue weighted by atomic mass is 19.2. The van der Waals surface area contributed by atoms with Crippen LogP contribution < -0.4 is 4.74 Å². The summed E-state index contributed by atoms with van der Waals surface area (Å²) in [5, 5.41) is 0. The number of benzene rings is 2. The highest BCUT2D eigenvalue weighted by Gasteiger charge is 2.08. The van der Waals surface area contributed by atoms with Crippen LogP contribution in [0.1, 0.15) is 15.9 Å². The van der Waals surface area contributed by atoms with Gasteiger partial charge in [0, 0.05) is 17.2 Å². The molecule has 98 valence electrons. The van der Waals surface area contributed by atoms with Gasteiger partial charge < -0.3 is 4.74 Å². The molecule has 0 aromatic heterocycles. The molecule has 2 rings (SSSR count). The lowest BCUT2D eigenvalue weighted by atomic mass is 10.2. The van der Waals surface area contributed by atoms with Crippen molar-refractivity contribution in [1.82, 2.24) is 0 Å². The molecular weight excluding hydrogens is 257 g/mol. The lowest BCUT2D eigenvalue weighted by Gasteiger charge is -2.08. The average molecular weight is 266 g/mol. The van der Waals surface area contributed by atoms with Crippen LogP contribution >= 0.6 is 0 Å². The standard InChI is InChI=1S/C14H9F3O2/c15-11-4-9(7-18)5-12(6-11)19-8-10-2-1-3-13(16)14(10)17/h1-7H,8H2. The topological polar surface area (TPSA) is 26.3 Å². The number of hydrogen-bond acceptors (Lipinski definition) is 2. The minimum absolute atomic E-state index is 0.0110. The van der Waals surface area contributed by atoms with Gasteiger partial charge in [0.05, 0.1) is 0 Å². The lowest BCUT2D eigenvalue weighted by Crippen LogP contribution is -2.01. The molecule has 0 spiro atoms. The van der Waals surface area contributed by atoms with Crippen molar-refractivity contribution < 1.29 is 22.7 Å². The molecule has 0 N–H and O–H groups in total. The summed E-state index contributed by atoms with van der Waals surface area (Å²) in [5.74, 6) is -2.55. The molecule has 0 bridgehead atoms. The van der Waals surface area contributed by atoms with Crippen LogP contribution in [0.2, 0.25) is 0 Å². The predicted octanol–water partition coefficient (Wildman–Crippen LogP) is 3.50. The molecule has 0 amide bonds. The Balaban J connectivity index is 2.16. The Morgan fingerprint density at radius 1 is 1.11 bits per heavy atom. The van der Waals surface area contributed by atoms with Crippen LogP contribution in [0.3, 0.4) is 0 Å². The van der Waals surface area contributed by atoms with Crippen LogP contribution in [0.15, 0.2) is 36.4 Å². The van der Waals surface area contributed by atoms with Gasteiger partial charge in [-0.05, 0) is 18.2 Å². The van der Waals surface area contributed by atoms with Crippen LogP contribution in [0, 0.1) is 17.5 Å². The molecule has 0 aliphatic rings. The molecule has 0 fully saturated rings. The Morgan fingerprint density at radius 3 is 2.63 bits per heavy atom. The minimum atomic E-state index is -1.01. The molecule has 0 aliphatic carbocycles. The molecule has 0 saturated carbocycles. The maximum atomic E-state index is 13.3. The molecule has 0 heterocycles. The van der Waals surface area contributed by atoms with Crippen molar-refractivity contribution in [2.75, 3.05) is 0 Å². The molecule has 2 nitrogen and oxygen atoms in total. The average Bonchev–Trinajstić information content (AvgIpc) is 2.40. The van der Waals surface area contributed by atoms with Gasteiger partial charge in [-0.15, -0.1) is 0 Å². The van der Waals surface area contributed by atoms with Crippen molar-refractivity contribution in [1.29, 1.82) is 0 Å². The highest BCUT2D eigenvalue weighted by molar-refractivity contribution is 5.75. The summed E-state index contributed by atoms with van der Waals surface area (Å²) in [6, 6.07) is 7.11. The van der Waals surface area contributed by atoms with E-state index in [1.54, 1.807) is 0 Å². The fourth-order valence-electron chi connectivity index (χ4n) is 1.56. The van der Waals surface area contributed by atoms with E-state index >= 15 is 0 Å². The van der Waals surface area contributed by atoms with E-state index in [0.29, 0.717) is 6.29 Å². The number of carbonyl (C=O) groups excluding carboxylic acids is 1. The minimum Gasteiger partial charge on any atom is -0.489 e. The summed E-state index contributed by atoms with van der Waals surface area (Å²) in [5.41, 5.74) is 0.117. The first-order valence-electron chi connectivity index (χ1n) is 5.41. The van der Waals surface area contributed by atoms with E-state index in [-0.39, 0.29) is 23.5 Å². The smallest absolute Gasteiger partial charge is 0.165 e. The fraction of sp³-hybridized carbons (Fsp3) is 0.0714. The zero-order valence-corrected chi connectivity index (χ0v) is 9.70. The van der Waals surface area contributed by atoms with Crippen molar-refractivity contribution in [3.8, 4) is 5.75 Å². The van der Waals surface area contributed by atoms with Crippen LogP contribution in [-0.4, -0.2) is 6.29 Å². The molecule has 0 saturated heterocycles. The molecule has 2 aromatic rings. The second-order valence-electron chi connectivity index (χ2n) is 3.84. The molecule has 2 aromatic carbocycles. The van der Waals surface area contributed by atoms with Crippen LogP contribution in [0.5, 0.6) is 5.75 Å². The van der Waals surface area contributed by atoms with Gasteiger partial charge in [-0.2, -0.15) is 0 Å². The summed E-state index contributed by atoms with van der Waals surface area (Å²) < 4.78 is 44.6. The predicted molar refractivity (Wildman–Crippen MR) is 62.5 cm³/mol. The van der Waals surface area contributed by atoms with Gasteiger partial charge in [0.1, 0.15) is 24.5 Å². The zero-order chi connectivity index (χ0) is 13.8. The summed E-state index contributed by atoms with van der Waals surface area (Å²) >= 11 is 0. The van der Waals surface area contributed by atoms with Crippen LogP contribution in [0.25, 0.3) is 0 Å². The largest absolute Gasteiger partial charge is 0.489 e. The molecule has 5 heteroatoms. The van der Waals surface area contributed by atoms with Crippen molar-refractivity contribution >= 4 is 6.29 Å². The molecule has 0 aliphatic heterocycles. The molecule has 0 radical (unpaired) electrons. The van der Waals surface area contributed by atoms with E-state index < -0.39 is 17.5 Å². The summed E-state index contributed by atoms with van der Waals surface area (Å²) in [6.45, 7) is -0.259. The Labute approximate surface area is 107 Å². The number of rotatable bonds is 4. The SMILES string of the molecule is O=Cc1cc(F)cc(OCc2cccc(F)c2F)c1. The van der Waals surface area contributed by atoms with E-state index in [1.165, 1.54) is 18.2 Å². The van der Waals surface area contributed by atoms with Gasteiger partial charge in [0.2, 0.25) is 0 Å². The van der Waals surface area contributed by atoms with E-state index in [9.17, 15) is 18.0 Å². The number of hydrogen-bond donors (Lipinski definition) is 0. The van der Waals surface area contributed by atoms with Crippen molar-refractivity contribution in [2.45, 2.75) is 6.61 Å². The van der Waals surface area contributed by atoms with Gasteiger partial charge in [0.15, 0.2) is 11.6 Å². The molecular formula is C14H9F3O2. The van der Waals surface area contributed by atoms with E-state index in [4.69, 9.17) is 4.74 Å². The Morgan fingerprint density at radius 2 is 1.89 bits per heavy atom. The molecule has 0 atom stereocenters. The second kappa shape index (κ2) is 5.56. The van der Waals surface area contributed by atoms with Crippen molar-refractivity contribution in [3.63, 3.8) is 0 Å². The number of ether oxygens (including phenoxy) is 1. The fourth-order valence-corrected chi connectivity index (χ4v) is 1.56. The Bertz CT molecular complexity index is 612. The first-order valence-corrected chi connectivity index (χ1v) is 5.41. The third-order valence-electron chi connectivity index (χ3n) is 2.46. The first-order chi connectivity index (χ1) is 9.10. The quantitative estimate of drug-likeness (QED) is 0.792. The third kappa shape index (κ3) is 3.13. The maximum absolute atomic E-state index is 13.3. The van der Waals surface area contributed by atoms with Crippen LogP contribution in [0.4, 0.5) is 13.2 Å². The summed E-state index contributed by atoms with van der Waals surface area (Å²) in [7, 11) is 0. The summed E-state index contributed by atoms with van der Waals surface area (Å²) in [4.78, 5) is 10.6. The van der Waals surface area contributed by atoms with Gasteiger partial charge in [-0.1, -0.05) is 12.1 Å². The monoisotopic (exact) mass is 266 g/mol. The Hall–Kier alpha value is -2.30.